The summed E-state index contributed by atoms with van der Waals surface area (Å²) in [6.07, 6.45) is 8.00. The summed E-state index contributed by atoms with van der Waals surface area (Å²) in [4.78, 5) is 62.6. The third-order valence-electron chi connectivity index (χ3n) is 16.4. The summed E-state index contributed by atoms with van der Waals surface area (Å²) in [5, 5.41) is 15.6. The van der Waals surface area contributed by atoms with E-state index in [1.54, 1.807) is 36.7 Å². The highest BCUT2D eigenvalue weighted by molar-refractivity contribution is 8.18. The molecule has 4 fully saturated rings. The second kappa shape index (κ2) is 19.8. The molecule has 2 amide bonds. The van der Waals surface area contributed by atoms with Crippen molar-refractivity contribution in [1.29, 1.82) is 0 Å². The number of halogens is 7. The highest BCUT2D eigenvalue weighted by Crippen LogP contribution is 2.61. The van der Waals surface area contributed by atoms with Gasteiger partial charge < -0.3 is 30.0 Å². The van der Waals surface area contributed by atoms with Gasteiger partial charge >= 0.3 is 5.97 Å². The summed E-state index contributed by atoms with van der Waals surface area (Å²) >= 11 is 26.6. The first-order valence-electron chi connectivity index (χ1n) is 25.6. The number of amides is 2. The fraction of sp³-hybridized carbons (Fsp3) is 0.429. The van der Waals surface area contributed by atoms with E-state index < -0.39 is 46.8 Å². The lowest BCUT2D eigenvalue weighted by atomic mass is 9.75. The van der Waals surface area contributed by atoms with Gasteiger partial charge in [-0.25, -0.2) is 32.9 Å². The van der Waals surface area contributed by atoms with Gasteiger partial charge in [-0.1, -0.05) is 110 Å². The van der Waals surface area contributed by atoms with Crippen molar-refractivity contribution in [3.05, 3.63) is 160 Å². The Labute approximate surface area is 473 Å². The van der Waals surface area contributed by atoms with E-state index in [1.165, 1.54) is 52.7 Å². The zero-order valence-corrected chi connectivity index (χ0v) is 47.5. The number of alkyl halides is 1. The molecule has 2 N–H and O–H groups in total. The molecule has 2 saturated heterocycles. The van der Waals surface area contributed by atoms with Gasteiger partial charge in [-0.2, -0.15) is 0 Å². The Kier molecular flexibility index (Phi) is 13.9. The molecular formula is C56H55Cl4F3N8O4S2. The average molecular weight is 1170 g/mol. The summed E-state index contributed by atoms with van der Waals surface area (Å²) in [6.45, 7) is 13.1. The van der Waals surface area contributed by atoms with Crippen LogP contribution < -0.4 is 5.32 Å². The first kappa shape index (κ1) is 54.2. The van der Waals surface area contributed by atoms with Crippen molar-refractivity contribution >= 4 is 92.9 Å². The summed E-state index contributed by atoms with van der Waals surface area (Å²) in [5.74, 6) is -2.75. The van der Waals surface area contributed by atoms with Gasteiger partial charge in [0.25, 0.3) is 5.91 Å². The Morgan fingerprint density at radius 3 is 1.88 bits per heavy atom. The van der Waals surface area contributed by atoms with Crippen molar-refractivity contribution < 1.29 is 32.7 Å². The lowest BCUT2D eigenvalue weighted by Crippen LogP contribution is -2.64. The highest BCUT2D eigenvalue weighted by atomic mass is 35.5. The number of aliphatic carboxylic acids is 1. The van der Waals surface area contributed by atoms with E-state index >= 15 is 4.39 Å². The van der Waals surface area contributed by atoms with Crippen LogP contribution in [0.4, 0.5) is 13.2 Å². The second-order valence-electron chi connectivity index (χ2n) is 22.3. The number of benzene rings is 2. The van der Waals surface area contributed by atoms with Crippen molar-refractivity contribution in [3.8, 4) is 0 Å². The maximum atomic E-state index is 15.2. The van der Waals surface area contributed by atoms with E-state index in [-0.39, 0.29) is 63.8 Å². The van der Waals surface area contributed by atoms with Crippen LogP contribution in [0.3, 0.4) is 0 Å². The molecule has 0 bridgehead atoms. The number of nitrogens with one attached hydrogen (secondary N) is 1. The smallest absolute Gasteiger partial charge is 0.344 e. The minimum absolute atomic E-state index is 0.00429. The number of piperazine rings is 1. The second-order valence-corrected chi connectivity index (χ2v) is 25.9. The quantitative estimate of drug-likeness (QED) is 0.155. The topological polar surface area (TPSA) is 135 Å². The molecule has 4 aromatic rings. The highest BCUT2D eigenvalue weighted by Gasteiger charge is 2.62. The number of rotatable bonds is 9. The number of aliphatic imine (C=N–C) groups is 1. The zero-order valence-electron chi connectivity index (χ0n) is 42.9. The molecule has 6 aliphatic heterocycles. The molecule has 2 saturated carbocycles. The van der Waals surface area contributed by atoms with E-state index in [0.717, 1.165) is 48.4 Å². The maximum Gasteiger partial charge on any atom is 0.344 e. The molecule has 21 heteroatoms. The number of hydrogen-bond donors (Lipinski definition) is 2. The number of hydrogen-bond acceptors (Lipinski definition) is 11. The molecule has 12 nitrogen and oxygen atoms in total. The monoisotopic (exact) mass is 1160 g/mol. The van der Waals surface area contributed by atoms with Crippen molar-refractivity contribution in [3.63, 3.8) is 0 Å². The predicted octanol–water partition coefficient (Wildman–Crippen LogP) is 12.6. The number of thioether (sulfide) groups is 2. The summed E-state index contributed by atoms with van der Waals surface area (Å²) in [5.41, 5.74) is 2.63. The summed E-state index contributed by atoms with van der Waals surface area (Å²) in [7, 11) is 0. The lowest BCUT2D eigenvalue weighted by molar-refractivity contribution is -0.146. The third kappa shape index (κ3) is 9.34. The minimum atomic E-state index is -1.29. The fourth-order valence-electron chi connectivity index (χ4n) is 12.1. The lowest BCUT2D eigenvalue weighted by Gasteiger charge is -2.43. The van der Waals surface area contributed by atoms with Crippen molar-refractivity contribution in [2.24, 2.45) is 16.8 Å². The number of nitrogens with zero attached hydrogens (tertiary/aromatic N) is 7. The molecule has 2 aliphatic carbocycles. The van der Waals surface area contributed by atoms with Crippen LogP contribution >= 0.6 is 69.9 Å². The van der Waals surface area contributed by atoms with Crippen molar-refractivity contribution in [2.45, 2.75) is 120 Å². The van der Waals surface area contributed by atoms with Gasteiger partial charge in [0.15, 0.2) is 5.17 Å². The van der Waals surface area contributed by atoms with Crippen LogP contribution in [0, 0.1) is 23.5 Å². The van der Waals surface area contributed by atoms with E-state index in [0.29, 0.717) is 54.3 Å². The number of aromatic nitrogens is 2. The first-order valence-corrected chi connectivity index (χ1v) is 28.8. The van der Waals surface area contributed by atoms with E-state index in [4.69, 9.17) is 51.4 Å². The molecule has 12 rings (SSSR count). The zero-order chi connectivity index (χ0) is 54.8. The van der Waals surface area contributed by atoms with Gasteiger partial charge in [0.2, 0.25) is 5.91 Å². The predicted molar refractivity (Wildman–Crippen MR) is 296 cm³/mol. The Morgan fingerprint density at radius 2 is 1.35 bits per heavy atom. The van der Waals surface area contributed by atoms with Gasteiger partial charge in [0, 0.05) is 59.8 Å². The number of likely N-dealkylation sites (tertiary alicyclic amines) is 1. The Hall–Kier alpha value is -4.75. The molecule has 8 aliphatic rings. The van der Waals surface area contributed by atoms with Gasteiger partial charge in [0.1, 0.15) is 49.5 Å². The van der Waals surface area contributed by atoms with Crippen LogP contribution in [0.5, 0.6) is 0 Å². The number of amidine groups is 1. The third-order valence-corrected chi connectivity index (χ3v) is 19.7. The van der Waals surface area contributed by atoms with Crippen LogP contribution in [0.15, 0.2) is 110 Å². The SMILES string of the molecule is CC(C)C1=C(C(=O)N2C[C@H](F)C[C@H]2C(=O)N2CC3(CC3)NCC23CC3)SC2=N[C@@](C)(c3ccc(Cl)nc3)[C@@H](c3ccc(Cl)c(F)c3)N21.CC(C)C1=C(C(=O)O)SC2=C[C@@](C)(c3ccc(Cl)nc3)[C@@H](c3ccc(Cl)c(F)c3)N21. The fourth-order valence-corrected chi connectivity index (χ4v) is 15.3. The molecule has 0 radical (unpaired) electrons. The number of pyridine rings is 2. The molecule has 2 spiro atoms. The molecular weight excluding hydrogens is 1110 g/mol. The van der Waals surface area contributed by atoms with Crippen LogP contribution in [0.1, 0.15) is 108 Å². The Balaban J connectivity index is 0.000000181. The molecule has 8 heterocycles. The molecule has 2 aromatic carbocycles. The molecule has 77 heavy (non-hydrogen) atoms. The largest absolute Gasteiger partial charge is 0.477 e. The average Bonchev–Trinajstić information content (AvgIpc) is 4.19. The van der Waals surface area contributed by atoms with Crippen LogP contribution in [-0.2, 0) is 25.3 Å². The van der Waals surface area contributed by atoms with E-state index in [2.05, 4.69) is 15.3 Å². The number of carbonyl (C=O) groups is 3. The standard InChI is InChI=1S/C34H36Cl2F2N6O2S.C22H19Cl2FN2O2S/c1-18(2)26-27(30(46)42-15-21(37)13-24(42)29(45)43-17-33(8-9-33)40-16-34(43)10-11-34)47-31-41-32(3,20-5-7-25(36)39-14-20)28(44(26)31)19-4-6-22(35)23(38)12-19;1-11(2)18-19(21(28)29)30-17-9-22(3,13-5-7-16(24)26-10-13)20(27(17)18)12-4-6-14(23)15(25)8-12/h4-7,12,14,18,21,24,28,40H,8-11,13,15-17H2,1-3H3;4-11,20H,1-3H3,(H,28,29)/t21-,24+,28-,32+;20-,22+/m11/s1. The molecule has 0 unspecified atom stereocenters. The van der Waals surface area contributed by atoms with E-state index in [9.17, 15) is 28.3 Å². The first-order chi connectivity index (χ1) is 36.5. The molecule has 6 atom stereocenters. The van der Waals surface area contributed by atoms with E-state index in [1.807, 2.05) is 74.5 Å². The van der Waals surface area contributed by atoms with Crippen LogP contribution in [0.2, 0.25) is 20.4 Å². The number of fused-ring (bicyclic) bond motifs is 2. The van der Waals surface area contributed by atoms with Gasteiger partial charge in [-0.05, 0) is 122 Å². The maximum absolute atomic E-state index is 15.2. The number of carboxylic acids is 1. The Morgan fingerprint density at radius 1 is 0.766 bits per heavy atom. The van der Waals surface area contributed by atoms with Crippen molar-refractivity contribution in [2.75, 3.05) is 19.6 Å². The van der Waals surface area contributed by atoms with Gasteiger partial charge in [-0.15, -0.1) is 0 Å². The number of carboxylic acid groups (broad SMARTS) is 1. The van der Waals surface area contributed by atoms with Crippen molar-refractivity contribution in [1.82, 2.24) is 34.9 Å². The van der Waals surface area contributed by atoms with Crippen LogP contribution in [0.25, 0.3) is 0 Å². The minimum Gasteiger partial charge on any atom is -0.477 e. The molecule has 2 aromatic heterocycles. The summed E-state index contributed by atoms with van der Waals surface area (Å²) in [6, 6.07) is 14.8. The number of allylic oxidation sites excluding steroid dienone is 2. The van der Waals surface area contributed by atoms with Crippen LogP contribution in [-0.4, -0.2) is 101 Å². The Bertz CT molecular complexity index is 3270. The van der Waals surface area contributed by atoms with Gasteiger partial charge in [-0.3, -0.25) is 9.59 Å². The van der Waals surface area contributed by atoms with Gasteiger partial charge in [0.05, 0.1) is 39.2 Å². The number of carbonyl (C=O) groups excluding carboxylic acids is 2. The normalized spacial score (nSPS) is 27.4. The summed E-state index contributed by atoms with van der Waals surface area (Å²) < 4.78 is 44.7. The molecule has 404 valence electrons.